The second kappa shape index (κ2) is 13.1. The summed E-state index contributed by atoms with van der Waals surface area (Å²) in [5, 5.41) is 5.05. The predicted octanol–water partition coefficient (Wildman–Crippen LogP) is 5.77. The molecule has 230 valence electrons. The molecule has 0 unspecified atom stereocenters. The van der Waals surface area contributed by atoms with E-state index in [-0.39, 0.29) is 49.0 Å². The summed E-state index contributed by atoms with van der Waals surface area (Å²) in [5.41, 5.74) is -0.679. The summed E-state index contributed by atoms with van der Waals surface area (Å²) in [5.74, 6) is 5.22. The second-order valence-corrected chi connectivity index (χ2v) is 11.1. The molecule has 0 aliphatic carbocycles. The van der Waals surface area contributed by atoms with E-state index in [9.17, 15) is 27.6 Å². The molecular formula is C32H32F3N5O4. The van der Waals surface area contributed by atoms with Crippen molar-refractivity contribution in [2.75, 3.05) is 41.7 Å². The number of hydrogen-bond donors (Lipinski definition) is 2. The molecule has 1 fully saturated rings. The van der Waals surface area contributed by atoms with Crippen molar-refractivity contribution in [1.29, 1.82) is 0 Å². The number of rotatable bonds is 4. The summed E-state index contributed by atoms with van der Waals surface area (Å²) in [6.07, 6.45) is -3.73. The van der Waals surface area contributed by atoms with Crippen LogP contribution in [0.15, 0.2) is 60.8 Å². The van der Waals surface area contributed by atoms with Crippen molar-refractivity contribution < 1.29 is 32.3 Å². The lowest BCUT2D eigenvalue weighted by molar-refractivity contribution is -0.136. The highest BCUT2D eigenvalue weighted by atomic mass is 19.4. The minimum absolute atomic E-state index is 0.119. The molecule has 0 radical (unpaired) electrons. The largest absolute Gasteiger partial charge is 0.444 e. The number of alkyl halides is 3. The monoisotopic (exact) mass is 607 g/mol. The van der Waals surface area contributed by atoms with Crippen LogP contribution in [0.25, 0.3) is 0 Å². The number of piperazine rings is 1. The Hall–Kier alpha value is -5.05. The van der Waals surface area contributed by atoms with Gasteiger partial charge in [0, 0.05) is 56.0 Å². The topological polar surface area (TPSA) is 104 Å². The van der Waals surface area contributed by atoms with Gasteiger partial charge in [-0.3, -0.25) is 9.59 Å². The van der Waals surface area contributed by atoms with Gasteiger partial charge in [-0.1, -0.05) is 24.0 Å². The normalized spacial score (nSPS) is 13.4. The first-order valence-corrected chi connectivity index (χ1v) is 13.8. The lowest BCUT2D eigenvalue weighted by Gasteiger charge is -2.37. The molecule has 1 aliphatic heterocycles. The van der Waals surface area contributed by atoms with Crippen LogP contribution in [0.4, 0.5) is 35.2 Å². The van der Waals surface area contributed by atoms with E-state index in [2.05, 4.69) is 27.5 Å². The van der Waals surface area contributed by atoms with E-state index >= 15 is 0 Å². The van der Waals surface area contributed by atoms with Crippen LogP contribution >= 0.6 is 0 Å². The van der Waals surface area contributed by atoms with Crippen LogP contribution in [0.2, 0.25) is 0 Å². The van der Waals surface area contributed by atoms with Gasteiger partial charge in [-0.2, -0.15) is 13.2 Å². The Labute approximate surface area is 253 Å². The number of nitrogens with one attached hydrogen (secondary N) is 2. The maximum atomic E-state index is 14.1. The molecule has 1 saturated heterocycles. The minimum atomic E-state index is -4.73. The van der Waals surface area contributed by atoms with Crippen LogP contribution in [-0.4, -0.2) is 59.6 Å². The number of anilines is 3. The molecule has 0 saturated carbocycles. The van der Waals surface area contributed by atoms with E-state index in [4.69, 9.17) is 4.74 Å². The molecule has 12 heteroatoms. The zero-order valence-corrected chi connectivity index (χ0v) is 24.7. The van der Waals surface area contributed by atoms with E-state index < -0.39 is 29.3 Å². The summed E-state index contributed by atoms with van der Waals surface area (Å²) in [6.45, 7) is 7.62. The summed E-state index contributed by atoms with van der Waals surface area (Å²) < 4.78 is 47.7. The number of carbonyl (C=O) groups excluding carboxylic acids is 3. The number of ether oxygens (including phenoxy) is 1. The minimum Gasteiger partial charge on any atom is -0.444 e. The number of pyridine rings is 1. The molecule has 9 nitrogen and oxygen atoms in total. The average Bonchev–Trinajstić information content (AvgIpc) is 2.95. The maximum absolute atomic E-state index is 14.1. The molecule has 44 heavy (non-hydrogen) atoms. The fourth-order valence-electron chi connectivity index (χ4n) is 4.42. The number of para-hydroxylation sites is 1. The van der Waals surface area contributed by atoms with Crippen molar-refractivity contribution in [2.45, 2.75) is 39.5 Å². The Morgan fingerprint density at radius 3 is 2.18 bits per heavy atom. The zero-order valence-electron chi connectivity index (χ0n) is 24.7. The number of nitrogens with zero attached hydrogens (tertiary/aromatic N) is 3. The van der Waals surface area contributed by atoms with Crippen LogP contribution in [0, 0.1) is 11.8 Å². The summed E-state index contributed by atoms with van der Waals surface area (Å²) in [4.78, 5) is 44.2. The van der Waals surface area contributed by atoms with Crippen LogP contribution in [0.3, 0.4) is 0 Å². The van der Waals surface area contributed by atoms with Gasteiger partial charge in [-0.05, 0) is 63.2 Å². The summed E-state index contributed by atoms with van der Waals surface area (Å²) in [7, 11) is 0. The van der Waals surface area contributed by atoms with Gasteiger partial charge >= 0.3 is 12.3 Å². The molecule has 0 bridgehead atoms. The number of aromatic nitrogens is 1. The molecule has 3 aromatic rings. The molecule has 0 atom stereocenters. The Bertz CT molecular complexity index is 1600. The lowest BCUT2D eigenvalue weighted by atomic mass is 10.1. The van der Waals surface area contributed by atoms with E-state index in [1.54, 1.807) is 49.9 Å². The van der Waals surface area contributed by atoms with Crippen molar-refractivity contribution >= 4 is 35.1 Å². The number of amides is 3. The Kier molecular flexibility index (Phi) is 9.47. The predicted molar refractivity (Wildman–Crippen MR) is 160 cm³/mol. The molecule has 2 N–H and O–H groups in total. The van der Waals surface area contributed by atoms with E-state index in [0.29, 0.717) is 16.9 Å². The Morgan fingerprint density at radius 2 is 1.57 bits per heavy atom. The molecule has 1 aliphatic rings. The fourth-order valence-corrected chi connectivity index (χ4v) is 4.42. The number of carbonyl (C=O) groups is 3. The van der Waals surface area contributed by atoms with Gasteiger partial charge < -0.3 is 25.2 Å². The number of hydrogen-bond acceptors (Lipinski definition) is 6. The highest BCUT2D eigenvalue weighted by Gasteiger charge is 2.36. The van der Waals surface area contributed by atoms with Gasteiger partial charge in [0.05, 0.1) is 16.9 Å². The maximum Gasteiger partial charge on any atom is 0.418 e. The van der Waals surface area contributed by atoms with E-state index in [0.717, 1.165) is 6.07 Å². The van der Waals surface area contributed by atoms with Gasteiger partial charge in [0.25, 0.3) is 5.91 Å². The van der Waals surface area contributed by atoms with Crippen molar-refractivity contribution in [3.63, 3.8) is 0 Å². The quantitative estimate of drug-likeness (QED) is 0.365. The van der Waals surface area contributed by atoms with Crippen LogP contribution in [0.1, 0.15) is 54.7 Å². The van der Waals surface area contributed by atoms with Crippen molar-refractivity contribution in [2.24, 2.45) is 0 Å². The van der Waals surface area contributed by atoms with Gasteiger partial charge in [0.2, 0.25) is 5.91 Å². The standard InChI is InChI=1S/C32H32F3N5O4/c1-21(41)37-27-14-13-23(20-36-27)12-11-22-7-5-8-24(19-22)29(42)38-28-25(32(33,34)35)9-6-10-26(28)39-15-17-40(18-16-39)30(43)44-31(2,3)4/h5-10,13-14,19-20H,15-18H2,1-4H3,(H,38,42)(H,36,37,41). The van der Waals surface area contributed by atoms with Gasteiger partial charge in [-0.15, -0.1) is 0 Å². The first-order valence-electron chi connectivity index (χ1n) is 13.8. The Balaban J connectivity index is 1.54. The SMILES string of the molecule is CC(=O)Nc1ccc(C#Cc2cccc(C(=O)Nc3c(N4CCN(C(=O)OC(C)(C)C)CC4)cccc3C(F)(F)F)c2)cn1. The summed E-state index contributed by atoms with van der Waals surface area (Å²) >= 11 is 0. The molecule has 1 aromatic heterocycles. The third-order valence-electron chi connectivity index (χ3n) is 6.40. The van der Waals surface area contributed by atoms with Crippen LogP contribution in [-0.2, 0) is 15.7 Å². The van der Waals surface area contributed by atoms with E-state index in [1.807, 2.05) is 0 Å². The molecule has 2 aromatic carbocycles. The molecule has 4 rings (SSSR count). The molecular weight excluding hydrogens is 575 g/mol. The smallest absolute Gasteiger partial charge is 0.418 e. The van der Waals surface area contributed by atoms with Crippen molar-refractivity contribution in [3.8, 4) is 11.8 Å². The number of benzene rings is 2. The van der Waals surface area contributed by atoms with Crippen LogP contribution in [0.5, 0.6) is 0 Å². The van der Waals surface area contributed by atoms with Crippen molar-refractivity contribution in [1.82, 2.24) is 9.88 Å². The fraction of sp³-hybridized carbons (Fsp3) is 0.312. The number of halogens is 3. The van der Waals surface area contributed by atoms with E-state index in [1.165, 1.54) is 42.3 Å². The van der Waals surface area contributed by atoms with Crippen molar-refractivity contribution in [3.05, 3.63) is 83.0 Å². The van der Waals surface area contributed by atoms with Gasteiger partial charge in [-0.25, -0.2) is 9.78 Å². The molecule has 2 heterocycles. The van der Waals surface area contributed by atoms with Gasteiger partial charge in [0.1, 0.15) is 11.4 Å². The first-order chi connectivity index (χ1) is 20.7. The zero-order chi connectivity index (χ0) is 32.1. The Morgan fingerprint density at radius 1 is 0.886 bits per heavy atom. The second-order valence-electron chi connectivity index (χ2n) is 11.1. The third kappa shape index (κ3) is 8.50. The lowest BCUT2D eigenvalue weighted by Crippen LogP contribution is -2.50. The van der Waals surface area contributed by atoms with Crippen LogP contribution < -0.4 is 15.5 Å². The molecule has 3 amide bonds. The van der Waals surface area contributed by atoms with Gasteiger partial charge in [0.15, 0.2) is 0 Å². The first kappa shape index (κ1) is 31.9. The third-order valence-corrected chi connectivity index (χ3v) is 6.40. The highest BCUT2D eigenvalue weighted by molar-refractivity contribution is 6.06. The average molecular weight is 608 g/mol. The summed E-state index contributed by atoms with van der Waals surface area (Å²) in [6, 6.07) is 13.2. The molecule has 0 spiro atoms. The highest BCUT2D eigenvalue weighted by Crippen LogP contribution is 2.40.